The lowest BCUT2D eigenvalue weighted by molar-refractivity contribution is -0.131. The zero-order valence-corrected chi connectivity index (χ0v) is 18.1. The number of nitrogens with one attached hydrogen (secondary N) is 2. The van der Waals surface area contributed by atoms with E-state index in [9.17, 15) is 14.4 Å². The van der Waals surface area contributed by atoms with Gasteiger partial charge in [-0.2, -0.15) is 0 Å². The summed E-state index contributed by atoms with van der Waals surface area (Å²) >= 11 is 4.62. The molecule has 2 aliphatic rings. The van der Waals surface area contributed by atoms with Crippen LogP contribution in [0.4, 0.5) is 9.93 Å². The lowest BCUT2D eigenvalue weighted by atomic mass is 9.98. The van der Waals surface area contributed by atoms with Crippen LogP contribution in [0.5, 0.6) is 0 Å². The normalized spacial score (nSPS) is 17.9. The summed E-state index contributed by atoms with van der Waals surface area (Å²) in [6.45, 7) is 0.248. The van der Waals surface area contributed by atoms with Crippen molar-refractivity contribution in [2.45, 2.75) is 54.2 Å². The smallest absolute Gasteiger partial charge is 0.323 e. The summed E-state index contributed by atoms with van der Waals surface area (Å²) in [7, 11) is 0. The van der Waals surface area contributed by atoms with Crippen molar-refractivity contribution in [1.82, 2.24) is 20.4 Å². The van der Waals surface area contributed by atoms with E-state index < -0.39 is 5.54 Å². The number of amides is 4. The highest BCUT2D eigenvalue weighted by atomic mass is 32.2. The number of anilines is 1. The van der Waals surface area contributed by atoms with Crippen molar-refractivity contribution in [2.75, 3.05) is 11.9 Å². The molecule has 2 N–H and O–H groups in total. The third-order valence-electron chi connectivity index (χ3n) is 5.06. The summed E-state index contributed by atoms with van der Waals surface area (Å²) in [5.41, 5.74) is -0.691. The van der Waals surface area contributed by atoms with Crippen molar-refractivity contribution < 1.29 is 14.4 Å². The Bertz CT molecular complexity index is 892. The minimum atomic E-state index is -0.691. The molecule has 0 unspecified atom stereocenters. The monoisotopic (exact) mass is 451 g/mol. The number of carbonyl (C=O) groups is 3. The molecule has 4 rings (SSSR count). The van der Waals surface area contributed by atoms with Gasteiger partial charge >= 0.3 is 6.03 Å². The quantitative estimate of drug-likeness (QED) is 0.362. The van der Waals surface area contributed by atoms with E-state index in [0.29, 0.717) is 24.4 Å². The van der Waals surface area contributed by atoms with Crippen LogP contribution in [0.3, 0.4) is 0 Å². The minimum absolute atomic E-state index is 0.142. The van der Waals surface area contributed by atoms with Crippen LogP contribution in [0.2, 0.25) is 0 Å². The van der Waals surface area contributed by atoms with Crippen LogP contribution < -0.4 is 10.6 Å². The molecule has 1 saturated heterocycles. The summed E-state index contributed by atoms with van der Waals surface area (Å²) in [6, 6.07) is 3.74. The zero-order chi connectivity index (χ0) is 20.3. The molecule has 1 spiro atoms. The van der Waals surface area contributed by atoms with Gasteiger partial charge in [0, 0.05) is 23.6 Å². The van der Waals surface area contributed by atoms with Gasteiger partial charge in [0.15, 0.2) is 4.34 Å². The molecule has 8 nitrogen and oxygen atoms in total. The van der Waals surface area contributed by atoms with Crippen molar-refractivity contribution in [3.8, 4) is 0 Å². The highest BCUT2D eigenvalue weighted by Crippen LogP contribution is 2.35. The lowest BCUT2D eigenvalue weighted by Crippen LogP contribution is -2.44. The van der Waals surface area contributed by atoms with Crippen molar-refractivity contribution >= 4 is 57.4 Å². The molecule has 29 heavy (non-hydrogen) atoms. The molecule has 4 amide bonds. The number of carbonyl (C=O) groups excluding carboxylic acids is 3. The first-order valence-electron chi connectivity index (χ1n) is 9.48. The largest absolute Gasteiger partial charge is 0.325 e. The Morgan fingerprint density at radius 2 is 2.14 bits per heavy atom. The van der Waals surface area contributed by atoms with Crippen molar-refractivity contribution in [3.63, 3.8) is 0 Å². The van der Waals surface area contributed by atoms with Gasteiger partial charge in [0.2, 0.25) is 11.0 Å². The number of thioether (sulfide) groups is 1. The molecule has 0 bridgehead atoms. The van der Waals surface area contributed by atoms with E-state index >= 15 is 0 Å². The van der Waals surface area contributed by atoms with Crippen LogP contribution in [0, 0.1) is 0 Å². The maximum absolute atomic E-state index is 12.6. The van der Waals surface area contributed by atoms with Gasteiger partial charge in [-0.3, -0.25) is 14.5 Å². The van der Waals surface area contributed by atoms with Gasteiger partial charge in [0.25, 0.3) is 5.91 Å². The second kappa shape index (κ2) is 8.80. The fourth-order valence-electron chi connectivity index (χ4n) is 3.62. The maximum Gasteiger partial charge on any atom is 0.325 e. The van der Waals surface area contributed by atoms with Gasteiger partial charge in [-0.25, -0.2) is 4.79 Å². The van der Waals surface area contributed by atoms with Crippen LogP contribution in [-0.4, -0.2) is 45.0 Å². The number of rotatable bonds is 8. The molecule has 0 radical (unpaired) electrons. The number of hydrogen-bond donors (Lipinski definition) is 2. The van der Waals surface area contributed by atoms with Gasteiger partial charge < -0.3 is 10.6 Å². The average Bonchev–Trinajstić information content (AvgIpc) is 3.47. The number of hydrogen-bond acceptors (Lipinski definition) is 8. The van der Waals surface area contributed by atoms with Crippen molar-refractivity contribution in [2.24, 2.45) is 0 Å². The number of aromatic nitrogens is 2. The van der Waals surface area contributed by atoms with Gasteiger partial charge in [0.1, 0.15) is 5.54 Å². The lowest BCUT2D eigenvalue weighted by Gasteiger charge is -2.19. The fourth-order valence-corrected chi connectivity index (χ4v) is 6.16. The predicted molar refractivity (Wildman–Crippen MR) is 113 cm³/mol. The van der Waals surface area contributed by atoms with Crippen LogP contribution in [-0.2, 0) is 15.3 Å². The number of imide groups is 1. The second-order valence-electron chi connectivity index (χ2n) is 7.07. The van der Waals surface area contributed by atoms with Gasteiger partial charge in [-0.15, -0.1) is 21.5 Å². The number of thiophene rings is 1. The Hall–Kier alpha value is -1.98. The molecule has 0 atom stereocenters. The Balaban J connectivity index is 1.20. The molecule has 1 saturated carbocycles. The summed E-state index contributed by atoms with van der Waals surface area (Å²) < 4.78 is 0.801. The Labute approximate surface area is 180 Å². The van der Waals surface area contributed by atoms with E-state index in [1.54, 1.807) is 23.1 Å². The average molecular weight is 452 g/mol. The molecule has 0 aromatic carbocycles. The topological polar surface area (TPSA) is 104 Å². The summed E-state index contributed by atoms with van der Waals surface area (Å²) in [5, 5.41) is 16.2. The molecule has 3 heterocycles. The Morgan fingerprint density at radius 1 is 1.31 bits per heavy atom. The van der Waals surface area contributed by atoms with E-state index in [0.717, 1.165) is 22.9 Å². The molecule has 2 aromatic heterocycles. The van der Waals surface area contributed by atoms with Crippen molar-refractivity contribution in [1.29, 1.82) is 0 Å². The number of nitrogens with zero attached hydrogens (tertiary/aromatic N) is 3. The first-order valence-corrected chi connectivity index (χ1v) is 12.2. The minimum Gasteiger partial charge on any atom is -0.323 e. The highest BCUT2D eigenvalue weighted by molar-refractivity contribution is 8.00. The third kappa shape index (κ3) is 4.62. The SMILES string of the molecule is O=C(CCCN1C(=O)NC2(CCCC2)C1=O)Nc1nnc(SCc2cccs2)s1. The first-order chi connectivity index (χ1) is 14.1. The standard InChI is InChI=1S/C18H21N5O3S3/c24-13(19-15-21-22-17(29-15)28-11-12-5-4-10-27-12)6-3-9-23-14(25)18(20-16(23)26)7-1-2-8-18/h4-5,10H,1-3,6-9,11H2,(H,20,26)(H,19,21,24). The zero-order valence-electron chi connectivity index (χ0n) is 15.7. The van der Waals surface area contributed by atoms with E-state index in [1.807, 2.05) is 11.4 Å². The van der Waals surface area contributed by atoms with Gasteiger partial charge in [-0.05, 0) is 30.7 Å². The molecule has 2 fully saturated rings. The van der Waals surface area contributed by atoms with E-state index in [4.69, 9.17) is 0 Å². The number of urea groups is 1. The third-order valence-corrected chi connectivity index (χ3v) is 8.14. The maximum atomic E-state index is 12.6. The fraction of sp³-hybridized carbons (Fsp3) is 0.500. The van der Waals surface area contributed by atoms with Gasteiger partial charge in [-0.1, -0.05) is 42.0 Å². The molecule has 1 aliphatic carbocycles. The molecule has 2 aromatic rings. The molecule has 11 heteroatoms. The van der Waals surface area contributed by atoms with Crippen LogP contribution in [0.1, 0.15) is 43.4 Å². The predicted octanol–water partition coefficient (Wildman–Crippen LogP) is 3.48. The molecular formula is C18H21N5O3S3. The van der Waals surface area contributed by atoms with Crippen LogP contribution >= 0.6 is 34.4 Å². The van der Waals surface area contributed by atoms with Crippen molar-refractivity contribution in [3.05, 3.63) is 22.4 Å². The summed E-state index contributed by atoms with van der Waals surface area (Å²) in [6.07, 6.45) is 3.95. The highest BCUT2D eigenvalue weighted by Gasteiger charge is 2.52. The Kier molecular flexibility index (Phi) is 6.16. The molecule has 1 aliphatic heterocycles. The second-order valence-corrected chi connectivity index (χ2v) is 10.3. The van der Waals surface area contributed by atoms with Gasteiger partial charge in [0.05, 0.1) is 0 Å². The van der Waals surface area contributed by atoms with E-state index in [1.165, 1.54) is 21.1 Å². The molecule has 154 valence electrons. The first kappa shape index (κ1) is 20.3. The Morgan fingerprint density at radius 3 is 2.90 bits per heavy atom. The summed E-state index contributed by atoms with van der Waals surface area (Å²) in [4.78, 5) is 39.4. The summed E-state index contributed by atoms with van der Waals surface area (Å²) in [5.74, 6) is 0.490. The van der Waals surface area contributed by atoms with Crippen LogP contribution in [0.25, 0.3) is 0 Å². The van der Waals surface area contributed by atoms with E-state index in [-0.39, 0.29) is 30.8 Å². The van der Waals surface area contributed by atoms with E-state index in [2.05, 4.69) is 26.9 Å². The molecular weight excluding hydrogens is 430 g/mol. The van der Waals surface area contributed by atoms with Crippen LogP contribution in [0.15, 0.2) is 21.9 Å².